The van der Waals surface area contributed by atoms with Crippen LogP contribution in [0.5, 0.6) is 0 Å². The normalized spacial score (nSPS) is 18.5. The Morgan fingerprint density at radius 3 is 2.76 bits per heavy atom. The monoisotopic (exact) mass is 454 g/mol. The number of hydrogen-bond acceptors (Lipinski definition) is 5. The highest BCUT2D eigenvalue weighted by Crippen LogP contribution is 2.45. The van der Waals surface area contributed by atoms with Crippen LogP contribution in [0.15, 0.2) is 18.3 Å². The van der Waals surface area contributed by atoms with E-state index in [0.717, 1.165) is 60.5 Å². The second kappa shape index (κ2) is 8.28. The zero-order chi connectivity index (χ0) is 23.3. The van der Waals surface area contributed by atoms with Crippen LogP contribution in [0.1, 0.15) is 59.8 Å². The van der Waals surface area contributed by atoms with Crippen molar-refractivity contribution in [3.63, 3.8) is 0 Å². The fraction of sp³-hybridized carbons (Fsp3) is 0.458. The summed E-state index contributed by atoms with van der Waals surface area (Å²) >= 11 is 0. The van der Waals surface area contributed by atoms with E-state index in [4.69, 9.17) is 10.4 Å². The van der Waals surface area contributed by atoms with Crippen molar-refractivity contribution in [1.29, 1.82) is 5.41 Å². The number of carbonyl (C=O) groups is 1. The molecule has 1 aromatic carbocycles. The van der Waals surface area contributed by atoms with Crippen LogP contribution in [0.2, 0.25) is 0 Å². The molecule has 9 heteroatoms. The number of alkyl halides is 2. The fourth-order valence-electron chi connectivity index (χ4n) is 4.92. The van der Waals surface area contributed by atoms with Gasteiger partial charge in [0.2, 0.25) is 5.91 Å². The molecule has 33 heavy (non-hydrogen) atoms. The third-order valence-corrected chi connectivity index (χ3v) is 6.76. The van der Waals surface area contributed by atoms with Crippen molar-refractivity contribution in [2.45, 2.75) is 51.1 Å². The Morgan fingerprint density at radius 2 is 2.09 bits per heavy atom. The molecule has 2 aromatic rings. The van der Waals surface area contributed by atoms with E-state index in [1.807, 2.05) is 0 Å². The molecule has 1 aliphatic carbocycles. The first kappa shape index (κ1) is 21.6. The van der Waals surface area contributed by atoms with E-state index in [2.05, 4.69) is 14.8 Å². The number of imidazole rings is 1. The van der Waals surface area contributed by atoms with Gasteiger partial charge in [0.25, 0.3) is 6.43 Å². The van der Waals surface area contributed by atoms with Crippen LogP contribution in [0.3, 0.4) is 0 Å². The van der Waals surface area contributed by atoms with Gasteiger partial charge in [-0.2, -0.15) is 0 Å². The number of hydrogen-bond donors (Lipinski definition) is 2. The molecule has 2 aliphatic heterocycles. The third kappa shape index (κ3) is 3.69. The highest BCUT2D eigenvalue weighted by molar-refractivity contribution is 6.09. The van der Waals surface area contributed by atoms with Crippen LogP contribution in [-0.4, -0.2) is 47.2 Å². The number of nitrogens with zero attached hydrogens (tertiary/aromatic N) is 4. The lowest BCUT2D eigenvalue weighted by molar-refractivity contribution is -0.132. The van der Waals surface area contributed by atoms with Crippen LogP contribution in [0.4, 0.5) is 20.3 Å². The number of fused-ring (bicyclic) bond motifs is 2. The number of aromatic nitrogens is 2. The topological polar surface area (TPSA) is 77.2 Å². The summed E-state index contributed by atoms with van der Waals surface area (Å²) < 4.78 is 30.3. The molecular weight excluding hydrogens is 426 g/mol. The molecule has 1 saturated carbocycles. The first-order chi connectivity index (χ1) is 15.9. The van der Waals surface area contributed by atoms with Crippen molar-refractivity contribution in [3.8, 4) is 0 Å². The Labute approximate surface area is 191 Å². The molecule has 3 heterocycles. The van der Waals surface area contributed by atoms with E-state index in [0.29, 0.717) is 30.1 Å². The largest absolute Gasteiger partial charge is 0.393 e. The third-order valence-electron chi connectivity index (χ3n) is 6.76. The Kier molecular flexibility index (Phi) is 5.42. The Balaban J connectivity index is 1.65. The van der Waals surface area contributed by atoms with Gasteiger partial charge in [0, 0.05) is 55.8 Å². The van der Waals surface area contributed by atoms with Gasteiger partial charge >= 0.3 is 0 Å². The van der Waals surface area contributed by atoms with Gasteiger partial charge in [-0.3, -0.25) is 4.79 Å². The standard InChI is InChI=1S/C24H28F2N6O/c1-28-11-16(10-27)17-8-15-4-3-7-31(19(15)9-18(17)22(25)26)24-20-12-30(2)21(33)13-32(20)23(29-24)14-5-6-14/h8-11,14,22,27-28H,3-7,12-13H2,1-2H3/b16-11+,27-10?. The molecule has 1 aromatic heterocycles. The number of nitrogens with one attached hydrogen (secondary N) is 2. The van der Waals surface area contributed by atoms with E-state index in [9.17, 15) is 13.6 Å². The molecule has 0 spiro atoms. The molecule has 1 amide bonds. The van der Waals surface area contributed by atoms with Crippen molar-refractivity contribution >= 4 is 29.2 Å². The van der Waals surface area contributed by atoms with E-state index in [1.165, 1.54) is 0 Å². The van der Waals surface area contributed by atoms with Crippen LogP contribution >= 0.6 is 0 Å². The summed E-state index contributed by atoms with van der Waals surface area (Å²) in [6.45, 7) is 1.43. The summed E-state index contributed by atoms with van der Waals surface area (Å²) in [5.74, 6) is 2.16. The number of likely N-dealkylation sites (N-methyl/N-ethyl adjacent to an activating group) is 1. The van der Waals surface area contributed by atoms with Crippen LogP contribution in [0.25, 0.3) is 5.57 Å². The molecule has 0 bridgehead atoms. The van der Waals surface area contributed by atoms with Crippen LogP contribution in [0, 0.1) is 5.41 Å². The first-order valence-corrected chi connectivity index (χ1v) is 11.4. The number of halogens is 2. The quantitative estimate of drug-likeness (QED) is 0.648. The highest BCUT2D eigenvalue weighted by atomic mass is 19.3. The minimum Gasteiger partial charge on any atom is -0.393 e. The second-order valence-corrected chi connectivity index (χ2v) is 9.01. The number of amides is 1. The molecular formula is C24H28F2N6O. The number of allylic oxidation sites excluding steroid dienone is 1. The van der Waals surface area contributed by atoms with Crippen LogP contribution in [-0.2, 0) is 24.3 Å². The summed E-state index contributed by atoms with van der Waals surface area (Å²) in [4.78, 5) is 21.1. The van der Waals surface area contributed by atoms with Gasteiger partial charge in [-0.15, -0.1) is 0 Å². The van der Waals surface area contributed by atoms with Gasteiger partial charge in [0.1, 0.15) is 12.4 Å². The predicted octanol–water partition coefficient (Wildman–Crippen LogP) is 3.96. The maximum atomic E-state index is 14.1. The summed E-state index contributed by atoms with van der Waals surface area (Å²) in [5, 5.41) is 10.6. The van der Waals surface area contributed by atoms with Crippen molar-refractivity contribution in [2.75, 3.05) is 25.5 Å². The van der Waals surface area contributed by atoms with Gasteiger partial charge < -0.3 is 25.1 Å². The minimum absolute atomic E-state index is 0.0625. The van der Waals surface area contributed by atoms with E-state index in [-0.39, 0.29) is 18.0 Å². The number of carbonyl (C=O) groups excluding carboxylic acids is 1. The number of benzene rings is 1. The number of aryl methyl sites for hydroxylation is 1. The van der Waals surface area contributed by atoms with Gasteiger partial charge in [0.05, 0.1) is 12.2 Å². The maximum absolute atomic E-state index is 14.1. The highest BCUT2D eigenvalue weighted by Gasteiger charge is 2.37. The molecule has 0 atom stereocenters. The Morgan fingerprint density at radius 1 is 1.30 bits per heavy atom. The van der Waals surface area contributed by atoms with Crippen LogP contribution < -0.4 is 10.2 Å². The molecule has 0 unspecified atom stereocenters. The van der Waals surface area contributed by atoms with Gasteiger partial charge in [0.15, 0.2) is 5.82 Å². The maximum Gasteiger partial charge on any atom is 0.264 e. The SMILES string of the molecule is CN/C=C(\C=N)c1cc2c(cc1C(F)F)N(c1nc(C3CC3)n3c1CN(C)C(=O)C3)CCC2. The fourth-order valence-corrected chi connectivity index (χ4v) is 4.92. The van der Waals surface area contributed by atoms with Crippen molar-refractivity contribution in [2.24, 2.45) is 0 Å². The van der Waals surface area contributed by atoms with E-state index < -0.39 is 6.43 Å². The lowest BCUT2D eigenvalue weighted by atomic mass is 9.92. The number of anilines is 2. The average molecular weight is 455 g/mol. The predicted molar refractivity (Wildman–Crippen MR) is 123 cm³/mol. The second-order valence-electron chi connectivity index (χ2n) is 9.01. The minimum atomic E-state index is -2.67. The molecule has 2 N–H and O–H groups in total. The van der Waals surface area contributed by atoms with Crippen molar-refractivity contribution < 1.29 is 13.6 Å². The smallest absolute Gasteiger partial charge is 0.264 e. The first-order valence-electron chi connectivity index (χ1n) is 11.4. The molecule has 0 saturated heterocycles. The van der Waals surface area contributed by atoms with Gasteiger partial charge in [-0.25, -0.2) is 13.8 Å². The van der Waals surface area contributed by atoms with Crippen molar-refractivity contribution in [1.82, 2.24) is 19.8 Å². The Hall–Kier alpha value is -3.23. The van der Waals surface area contributed by atoms with Gasteiger partial charge in [-0.05, 0) is 48.9 Å². The van der Waals surface area contributed by atoms with E-state index in [1.54, 1.807) is 37.3 Å². The molecule has 7 nitrogen and oxygen atoms in total. The average Bonchev–Trinajstić information content (AvgIpc) is 3.59. The summed E-state index contributed by atoms with van der Waals surface area (Å²) in [6, 6.07) is 3.37. The van der Waals surface area contributed by atoms with E-state index >= 15 is 0 Å². The summed E-state index contributed by atoms with van der Waals surface area (Å²) in [6.07, 6.45) is 3.79. The molecule has 1 fully saturated rings. The molecule has 5 rings (SSSR count). The Bertz CT molecular complexity index is 1150. The zero-order valence-electron chi connectivity index (χ0n) is 18.9. The number of rotatable bonds is 6. The molecule has 0 radical (unpaired) electrons. The summed E-state index contributed by atoms with van der Waals surface area (Å²) in [5.41, 5.74) is 3.41. The molecule has 3 aliphatic rings. The van der Waals surface area contributed by atoms with Crippen molar-refractivity contribution in [3.05, 3.63) is 46.5 Å². The lowest BCUT2D eigenvalue weighted by Gasteiger charge is -2.33. The molecule has 174 valence electrons. The zero-order valence-corrected chi connectivity index (χ0v) is 18.9. The lowest BCUT2D eigenvalue weighted by Crippen LogP contribution is -2.37. The van der Waals surface area contributed by atoms with Gasteiger partial charge in [-0.1, -0.05) is 0 Å². The summed E-state index contributed by atoms with van der Waals surface area (Å²) in [7, 11) is 3.48.